The van der Waals surface area contributed by atoms with Crippen LogP contribution < -0.4 is 5.32 Å². The van der Waals surface area contributed by atoms with Crippen LogP contribution in [0.1, 0.15) is 38.6 Å². The SMILES string of the molecule is COCCOCCOCCOCCN1C(=O)c2cccc3c(NC(=O)OCC(CC#N)c4ccccc4)ccc(c23)C1=O. The van der Waals surface area contributed by atoms with Crippen molar-refractivity contribution in [3.8, 4) is 6.07 Å². The van der Waals surface area contributed by atoms with E-state index in [0.29, 0.717) is 67.2 Å². The molecule has 0 aromatic heterocycles. The number of amides is 3. The van der Waals surface area contributed by atoms with Crippen LogP contribution in [-0.4, -0.2) is 89.3 Å². The minimum Gasteiger partial charge on any atom is -0.449 e. The van der Waals surface area contributed by atoms with E-state index < -0.39 is 17.9 Å². The van der Waals surface area contributed by atoms with Crippen molar-refractivity contribution in [2.45, 2.75) is 12.3 Å². The molecule has 11 nitrogen and oxygen atoms in total. The van der Waals surface area contributed by atoms with E-state index in [4.69, 9.17) is 23.7 Å². The number of hydrogen-bond acceptors (Lipinski definition) is 9. The highest BCUT2D eigenvalue weighted by molar-refractivity contribution is 6.27. The van der Waals surface area contributed by atoms with Gasteiger partial charge in [-0.1, -0.05) is 42.5 Å². The van der Waals surface area contributed by atoms with Crippen molar-refractivity contribution in [1.29, 1.82) is 5.26 Å². The molecule has 3 amide bonds. The fourth-order valence-corrected chi connectivity index (χ4v) is 4.73. The van der Waals surface area contributed by atoms with Crippen molar-refractivity contribution < 1.29 is 38.1 Å². The normalized spacial score (nSPS) is 13.2. The van der Waals surface area contributed by atoms with E-state index in [9.17, 15) is 19.6 Å². The number of nitriles is 1. The number of nitrogens with zero attached hydrogens (tertiary/aromatic N) is 2. The number of imide groups is 1. The summed E-state index contributed by atoms with van der Waals surface area (Å²) in [7, 11) is 1.61. The van der Waals surface area contributed by atoms with Crippen LogP contribution in [0, 0.1) is 11.3 Å². The average molecular weight is 590 g/mol. The van der Waals surface area contributed by atoms with Crippen LogP contribution in [0.5, 0.6) is 0 Å². The molecule has 0 spiro atoms. The zero-order valence-corrected chi connectivity index (χ0v) is 24.1. The predicted molar refractivity (Wildman–Crippen MR) is 158 cm³/mol. The predicted octanol–water partition coefficient (Wildman–Crippen LogP) is 4.38. The standard InChI is InChI=1S/C32H35N3O8/c1-39-16-17-41-20-21-42-19-18-40-15-14-35-30(36)26-9-5-8-25-28(11-10-27(29(25)26)31(35)37)34-32(38)43-22-24(12-13-33)23-6-3-2-4-7-23/h2-11,24H,12,14-22H2,1H3,(H,34,38). The monoisotopic (exact) mass is 589 g/mol. The number of anilines is 1. The number of rotatable bonds is 17. The van der Waals surface area contributed by atoms with Crippen molar-refractivity contribution in [1.82, 2.24) is 4.90 Å². The number of hydrogen-bond donors (Lipinski definition) is 1. The Kier molecular flexibility index (Phi) is 12.0. The summed E-state index contributed by atoms with van der Waals surface area (Å²) < 4.78 is 26.7. The molecule has 0 saturated carbocycles. The molecular weight excluding hydrogens is 554 g/mol. The molecule has 43 heavy (non-hydrogen) atoms. The second-order valence-electron chi connectivity index (χ2n) is 9.67. The van der Waals surface area contributed by atoms with E-state index >= 15 is 0 Å². The van der Waals surface area contributed by atoms with Gasteiger partial charge in [-0.15, -0.1) is 0 Å². The van der Waals surface area contributed by atoms with Gasteiger partial charge >= 0.3 is 6.09 Å². The first kappa shape index (κ1) is 31.6. The third kappa shape index (κ3) is 8.37. The smallest absolute Gasteiger partial charge is 0.411 e. The molecule has 4 rings (SSSR count). The molecule has 1 aliphatic rings. The quantitative estimate of drug-likeness (QED) is 0.180. The molecule has 11 heteroatoms. The van der Waals surface area contributed by atoms with Gasteiger partial charge in [-0.2, -0.15) is 5.26 Å². The van der Waals surface area contributed by atoms with Crippen LogP contribution in [0.15, 0.2) is 60.7 Å². The van der Waals surface area contributed by atoms with Crippen LogP contribution in [-0.2, 0) is 23.7 Å². The van der Waals surface area contributed by atoms with E-state index in [1.54, 1.807) is 37.4 Å². The molecule has 0 fully saturated rings. The van der Waals surface area contributed by atoms with Crippen LogP contribution in [0.25, 0.3) is 10.8 Å². The second-order valence-corrected chi connectivity index (χ2v) is 9.67. The fourth-order valence-electron chi connectivity index (χ4n) is 4.73. The lowest BCUT2D eigenvalue weighted by atomic mass is 9.93. The Hall–Kier alpha value is -4.34. The van der Waals surface area contributed by atoms with Crippen LogP contribution in [0.3, 0.4) is 0 Å². The van der Waals surface area contributed by atoms with Crippen molar-refractivity contribution in [3.63, 3.8) is 0 Å². The van der Waals surface area contributed by atoms with Gasteiger partial charge in [-0.05, 0) is 23.8 Å². The van der Waals surface area contributed by atoms with Gasteiger partial charge in [-0.3, -0.25) is 19.8 Å². The van der Waals surface area contributed by atoms with E-state index in [-0.39, 0.29) is 32.1 Å². The number of carbonyl (C=O) groups is 3. The summed E-state index contributed by atoms with van der Waals surface area (Å²) >= 11 is 0. The Labute approximate surface area is 250 Å². The number of nitrogens with one attached hydrogen (secondary N) is 1. The topological polar surface area (TPSA) is 136 Å². The van der Waals surface area contributed by atoms with Crippen LogP contribution in [0.4, 0.5) is 10.5 Å². The molecule has 1 aliphatic heterocycles. The lowest BCUT2D eigenvalue weighted by Gasteiger charge is -2.27. The zero-order chi connectivity index (χ0) is 30.4. The Morgan fingerprint density at radius 1 is 0.837 bits per heavy atom. The summed E-state index contributed by atoms with van der Waals surface area (Å²) in [6, 6.07) is 19.8. The minimum atomic E-state index is -0.700. The summed E-state index contributed by atoms with van der Waals surface area (Å²) in [6.45, 7) is 2.88. The third-order valence-electron chi connectivity index (χ3n) is 6.89. The maximum absolute atomic E-state index is 13.3. The first-order valence-electron chi connectivity index (χ1n) is 14.0. The summed E-state index contributed by atoms with van der Waals surface area (Å²) in [5.74, 6) is -1.13. The Balaban J connectivity index is 1.32. The van der Waals surface area contributed by atoms with Crippen molar-refractivity contribution in [2.24, 2.45) is 0 Å². The lowest BCUT2D eigenvalue weighted by Crippen LogP contribution is -2.42. The van der Waals surface area contributed by atoms with Gasteiger partial charge in [0.2, 0.25) is 0 Å². The molecule has 3 aromatic carbocycles. The van der Waals surface area contributed by atoms with Gasteiger partial charge in [0, 0.05) is 41.3 Å². The Morgan fingerprint density at radius 2 is 1.49 bits per heavy atom. The number of benzene rings is 3. The van der Waals surface area contributed by atoms with Gasteiger partial charge in [0.1, 0.15) is 6.61 Å². The van der Waals surface area contributed by atoms with E-state index in [1.165, 1.54) is 4.90 Å². The summed E-state index contributed by atoms with van der Waals surface area (Å²) in [5.41, 5.74) is 2.03. The Bertz CT molecular complexity index is 1420. The fraction of sp³-hybridized carbons (Fsp3) is 0.375. The zero-order valence-electron chi connectivity index (χ0n) is 24.1. The molecule has 1 atom stereocenters. The van der Waals surface area contributed by atoms with Gasteiger partial charge in [-0.25, -0.2) is 4.79 Å². The average Bonchev–Trinajstić information content (AvgIpc) is 3.03. The third-order valence-corrected chi connectivity index (χ3v) is 6.89. The van der Waals surface area contributed by atoms with Crippen LogP contribution >= 0.6 is 0 Å². The van der Waals surface area contributed by atoms with Crippen molar-refractivity contribution in [3.05, 3.63) is 77.4 Å². The van der Waals surface area contributed by atoms with Gasteiger partial charge in [0.15, 0.2) is 0 Å². The molecule has 0 aliphatic carbocycles. The van der Waals surface area contributed by atoms with Gasteiger partial charge < -0.3 is 23.7 Å². The molecule has 1 unspecified atom stereocenters. The Morgan fingerprint density at radius 3 is 2.16 bits per heavy atom. The maximum Gasteiger partial charge on any atom is 0.411 e. The molecule has 3 aromatic rings. The van der Waals surface area contributed by atoms with Crippen molar-refractivity contribution in [2.75, 3.05) is 71.8 Å². The number of carbonyl (C=O) groups excluding carboxylic acids is 3. The van der Waals surface area contributed by atoms with E-state index in [0.717, 1.165) is 5.56 Å². The molecule has 0 bridgehead atoms. The molecule has 226 valence electrons. The summed E-state index contributed by atoms with van der Waals surface area (Å²) in [6.07, 6.45) is -0.502. The first-order valence-corrected chi connectivity index (χ1v) is 14.0. The lowest BCUT2D eigenvalue weighted by molar-refractivity contribution is 0.00148. The molecule has 0 radical (unpaired) electrons. The maximum atomic E-state index is 13.3. The number of ether oxygens (including phenoxy) is 5. The van der Waals surface area contributed by atoms with Gasteiger partial charge in [0.25, 0.3) is 11.8 Å². The summed E-state index contributed by atoms with van der Waals surface area (Å²) in [5, 5.41) is 12.9. The van der Waals surface area contributed by atoms with Crippen LogP contribution in [0.2, 0.25) is 0 Å². The van der Waals surface area contributed by atoms with E-state index in [2.05, 4.69) is 11.4 Å². The second kappa shape index (κ2) is 16.3. The molecular formula is C32H35N3O8. The van der Waals surface area contributed by atoms with E-state index in [1.807, 2.05) is 30.3 Å². The molecule has 0 saturated heterocycles. The highest BCUT2D eigenvalue weighted by atomic mass is 16.6. The minimum absolute atomic E-state index is 0.0219. The first-order chi connectivity index (χ1) is 21.0. The van der Waals surface area contributed by atoms with Gasteiger partial charge in [0.05, 0.1) is 64.5 Å². The highest BCUT2D eigenvalue weighted by Gasteiger charge is 2.33. The molecule has 1 heterocycles. The molecule has 1 N–H and O–H groups in total. The highest BCUT2D eigenvalue weighted by Crippen LogP contribution is 2.34. The van der Waals surface area contributed by atoms with Crippen molar-refractivity contribution >= 4 is 34.4 Å². The summed E-state index contributed by atoms with van der Waals surface area (Å²) in [4.78, 5) is 40.5. The largest absolute Gasteiger partial charge is 0.449 e. The number of methoxy groups -OCH3 is 1.